The van der Waals surface area contributed by atoms with Gasteiger partial charge in [-0.05, 0) is 48.4 Å². The molecule has 0 unspecified atom stereocenters. The molecular formula is C21H19F2N3O2. The highest BCUT2D eigenvalue weighted by Crippen LogP contribution is 2.20. The summed E-state index contributed by atoms with van der Waals surface area (Å²) in [5.74, 6) is -0.629. The number of amides is 1. The van der Waals surface area contributed by atoms with Crippen LogP contribution in [0.25, 0.3) is 0 Å². The van der Waals surface area contributed by atoms with Crippen LogP contribution in [-0.2, 0) is 6.42 Å². The maximum absolute atomic E-state index is 13.8. The van der Waals surface area contributed by atoms with Gasteiger partial charge in [0.05, 0.1) is 12.8 Å². The molecular weight excluding hydrogens is 364 g/mol. The van der Waals surface area contributed by atoms with E-state index in [-0.39, 0.29) is 17.4 Å². The highest BCUT2D eigenvalue weighted by atomic mass is 19.1. The Morgan fingerprint density at radius 2 is 1.96 bits per heavy atom. The highest BCUT2D eigenvalue weighted by molar-refractivity contribution is 5.94. The van der Waals surface area contributed by atoms with Crippen molar-refractivity contribution in [3.05, 3.63) is 83.6 Å². The molecule has 28 heavy (non-hydrogen) atoms. The summed E-state index contributed by atoms with van der Waals surface area (Å²) in [6.07, 6.45) is 2.10. The summed E-state index contributed by atoms with van der Waals surface area (Å²) >= 11 is 0. The zero-order valence-electron chi connectivity index (χ0n) is 15.2. The number of aromatic nitrogens is 1. The summed E-state index contributed by atoms with van der Waals surface area (Å²) in [5, 5.41) is 5.58. The fourth-order valence-electron chi connectivity index (χ4n) is 2.62. The van der Waals surface area contributed by atoms with Gasteiger partial charge in [0, 0.05) is 24.4 Å². The fraction of sp³-hybridized carbons (Fsp3) is 0.143. The summed E-state index contributed by atoms with van der Waals surface area (Å²) in [7, 11) is 1.60. The number of anilines is 2. The van der Waals surface area contributed by atoms with Crippen LogP contribution in [0.1, 0.15) is 15.9 Å². The van der Waals surface area contributed by atoms with E-state index >= 15 is 0 Å². The Labute approximate surface area is 161 Å². The van der Waals surface area contributed by atoms with Crippen molar-refractivity contribution in [1.82, 2.24) is 10.3 Å². The minimum absolute atomic E-state index is 0.0736. The number of hydrogen-bond acceptors (Lipinski definition) is 4. The summed E-state index contributed by atoms with van der Waals surface area (Å²) in [6, 6.07) is 13.9. The molecule has 5 nitrogen and oxygen atoms in total. The van der Waals surface area contributed by atoms with Gasteiger partial charge in [0.25, 0.3) is 5.91 Å². The van der Waals surface area contributed by atoms with E-state index in [0.717, 1.165) is 23.4 Å². The fourth-order valence-corrected chi connectivity index (χ4v) is 2.62. The van der Waals surface area contributed by atoms with E-state index in [0.29, 0.717) is 18.5 Å². The molecule has 0 aliphatic heterocycles. The molecule has 144 valence electrons. The number of carbonyl (C=O) groups is 1. The number of pyridine rings is 1. The summed E-state index contributed by atoms with van der Waals surface area (Å²) in [6.45, 7) is 0.448. The molecule has 0 spiro atoms. The van der Waals surface area contributed by atoms with Gasteiger partial charge in [0.15, 0.2) is 0 Å². The van der Waals surface area contributed by atoms with Crippen molar-refractivity contribution in [3.63, 3.8) is 0 Å². The van der Waals surface area contributed by atoms with Crippen LogP contribution in [0, 0.1) is 11.6 Å². The zero-order chi connectivity index (χ0) is 19.9. The maximum atomic E-state index is 13.8. The van der Waals surface area contributed by atoms with Crippen LogP contribution in [-0.4, -0.2) is 24.5 Å². The van der Waals surface area contributed by atoms with Crippen molar-refractivity contribution in [2.24, 2.45) is 0 Å². The Morgan fingerprint density at radius 1 is 1.11 bits per heavy atom. The van der Waals surface area contributed by atoms with Crippen molar-refractivity contribution in [3.8, 4) is 5.75 Å². The molecule has 0 aliphatic carbocycles. The van der Waals surface area contributed by atoms with Crippen LogP contribution in [0.3, 0.4) is 0 Å². The second-order valence-corrected chi connectivity index (χ2v) is 6.04. The predicted octanol–water partition coefficient (Wildman–Crippen LogP) is 4.08. The van der Waals surface area contributed by atoms with E-state index in [2.05, 4.69) is 15.6 Å². The molecule has 3 aromatic rings. The molecule has 0 bridgehead atoms. The van der Waals surface area contributed by atoms with Gasteiger partial charge in [-0.3, -0.25) is 4.79 Å². The Morgan fingerprint density at radius 3 is 2.75 bits per heavy atom. The van der Waals surface area contributed by atoms with E-state index in [4.69, 9.17) is 4.74 Å². The van der Waals surface area contributed by atoms with Gasteiger partial charge in [-0.1, -0.05) is 12.1 Å². The first-order valence-electron chi connectivity index (χ1n) is 8.64. The zero-order valence-corrected chi connectivity index (χ0v) is 15.2. The molecule has 0 saturated heterocycles. The number of benzene rings is 2. The van der Waals surface area contributed by atoms with E-state index < -0.39 is 11.6 Å². The minimum Gasteiger partial charge on any atom is -0.497 e. The lowest BCUT2D eigenvalue weighted by Crippen LogP contribution is -2.25. The smallest absolute Gasteiger partial charge is 0.251 e. The molecule has 0 saturated carbocycles. The Hall–Kier alpha value is -3.48. The number of nitrogens with zero attached hydrogens (tertiary/aromatic N) is 1. The molecule has 0 atom stereocenters. The molecule has 0 fully saturated rings. The molecule has 1 aromatic heterocycles. The van der Waals surface area contributed by atoms with E-state index in [9.17, 15) is 13.6 Å². The van der Waals surface area contributed by atoms with E-state index in [1.165, 1.54) is 18.3 Å². The number of halogens is 2. The van der Waals surface area contributed by atoms with Gasteiger partial charge in [-0.2, -0.15) is 0 Å². The second-order valence-electron chi connectivity index (χ2n) is 6.04. The number of ether oxygens (including phenoxy) is 1. The molecule has 2 aromatic carbocycles. The number of hydrogen-bond donors (Lipinski definition) is 2. The lowest BCUT2D eigenvalue weighted by atomic mass is 10.1. The quantitative estimate of drug-likeness (QED) is 0.645. The molecule has 0 radical (unpaired) electrons. The van der Waals surface area contributed by atoms with Gasteiger partial charge in [0.2, 0.25) is 0 Å². The summed E-state index contributed by atoms with van der Waals surface area (Å²) in [4.78, 5) is 16.4. The number of rotatable bonds is 7. The number of carbonyl (C=O) groups excluding carboxylic acids is 1. The lowest BCUT2D eigenvalue weighted by molar-refractivity contribution is 0.0954. The van der Waals surface area contributed by atoms with Crippen LogP contribution in [0.15, 0.2) is 60.8 Å². The van der Waals surface area contributed by atoms with Crippen LogP contribution in [0.5, 0.6) is 5.75 Å². The Balaban J connectivity index is 1.60. The average molecular weight is 383 g/mol. The third kappa shape index (κ3) is 5.03. The predicted molar refractivity (Wildman–Crippen MR) is 103 cm³/mol. The van der Waals surface area contributed by atoms with Crippen molar-refractivity contribution in [1.29, 1.82) is 0 Å². The maximum Gasteiger partial charge on any atom is 0.251 e. The molecule has 0 aliphatic rings. The average Bonchev–Trinajstić information content (AvgIpc) is 2.70. The second kappa shape index (κ2) is 8.94. The summed E-state index contributed by atoms with van der Waals surface area (Å²) < 4.78 is 31.9. The van der Waals surface area contributed by atoms with Crippen molar-refractivity contribution in [2.45, 2.75) is 6.42 Å². The largest absolute Gasteiger partial charge is 0.497 e. The molecule has 1 heterocycles. The molecule has 1 amide bonds. The molecule has 3 rings (SSSR count). The summed E-state index contributed by atoms with van der Waals surface area (Å²) in [5.41, 5.74) is 1.50. The first kappa shape index (κ1) is 19.3. The van der Waals surface area contributed by atoms with Gasteiger partial charge in [-0.25, -0.2) is 13.8 Å². The van der Waals surface area contributed by atoms with Crippen molar-refractivity contribution in [2.75, 3.05) is 19.0 Å². The first-order valence-corrected chi connectivity index (χ1v) is 8.64. The Bertz CT molecular complexity index is 979. The van der Waals surface area contributed by atoms with Crippen LogP contribution >= 0.6 is 0 Å². The van der Waals surface area contributed by atoms with Gasteiger partial charge >= 0.3 is 0 Å². The van der Waals surface area contributed by atoms with Gasteiger partial charge < -0.3 is 15.4 Å². The normalized spacial score (nSPS) is 10.4. The first-order chi connectivity index (χ1) is 13.5. The molecule has 2 N–H and O–H groups in total. The highest BCUT2D eigenvalue weighted by Gasteiger charge is 2.09. The standard InChI is InChI=1S/C21H19F2N3O2/c1-28-17-4-2-3-14(11-17)7-9-25-21(27)15-8-10-24-20(12-15)26-19-6-5-16(22)13-18(19)23/h2-6,8,10-13H,7,9H2,1H3,(H,24,26)(H,25,27). The lowest BCUT2D eigenvalue weighted by Gasteiger charge is -2.09. The van der Waals surface area contributed by atoms with Gasteiger partial charge in [-0.15, -0.1) is 0 Å². The van der Waals surface area contributed by atoms with E-state index in [1.807, 2.05) is 24.3 Å². The number of methoxy groups -OCH3 is 1. The van der Waals surface area contributed by atoms with Crippen molar-refractivity contribution < 1.29 is 18.3 Å². The monoisotopic (exact) mass is 383 g/mol. The van der Waals surface area contributed by atoms with E-state index in [1.54, 1.807) is 13.2 Å². The van der Waals surface area contributed by atoms with Crippen molar-refractivity contribution >= 4 is 17.4 Å². The topological polar surface area (TPSA) is 63.2 Å². The van der Waals surface area contributed by atoms with Crippen LogP contribution in [0.2, 0.25) is 0 Å². The third-order valence-electron chi connectivity index (χ3n) is 4.05. The minimum atomic E-state index is -0.741. The van der Waals surface area contributed by atoms with Gasteiger partial charge in [0.1, 0.15) is 23.2 Å². The molecule has 7 heteroatoms. The van der Waals surface area contributed by atoms with Crippen LogP contribution in [0.4, 0.5) is 20.3 Å². The SMILES string of the molecule is COc1cccc(CCNC(=O)c2ccnc(Nc3ccc(F)cc3F)c2)c1. The number of nitrogens with one attached hydrogen (secondary N) is 2. The van der Waals surface area contributed by atoms with Crippen LogP contribution < -0.4 is 15.4 Å². The Kier molecular flexibility index (Phi) is 6.16. The third-order valence-corrected chi connectivity index (χ3v) is 4.05.